The monoisotopic (exact) mass is 233 g/mol. The maximum Gasteiger partial charge on any atom is 0.339 e. The third kappa shape index (κ3) is 1.77. The number of nitrogens with zero attached hydrogens (tertiary/aromatic N) is 3. The molecular weight excluding hydrogens is 218 g/mol. The highest BCUT2D eigenvalue weighted by atomic mass is 16.4. The van der Waals surface area contributed by atoms with Gasteiger partial charge in [0, 0.05) is 18.7 Å². The lowest BCUT2D eigenvalue weighted by Gasteiger charge is -2.17. The van der Waals surface area contributed by atoms with Crippen LogP contribution < -0.4 is 0 Å². The van der Waals surface area contributed by atoms with Gasteiger partial charge < -0.3 is 9.67 Å². The van der Waals surface area contributed by atoms with Crippen molar-refractivity contribution in [1.29, 1.82) is 0 Å². The van der Waals surface area contributed by atoms with Gasteiger partial charge in [-0.15, -0.1) is 0 Å². The summed E-state index contributed by atoms with van der Waals surface area (Å²) in [6, 6.07) is 0. The Hall–Kier alpha value is -1.91. The molecule has 0 atom stereocenters. The average Bonchev–Trinajstić information content (AvgIpc) is 2.55. The molecule has 2 rings (SSSR count). The molecule has 0 unspecified atom stereocenters. The summed E-state index contributed by atoms with van der Waals surface area (Å²) in [6.07, 6.45) is 2.98. The maximum absolute atomic E-state index is 11.1. The molecule has 2 aromatic heterocycles. The second-order valence-electron chi connectivity index (χ2n) is 5.10. The van der Waals surface area contributed by atoms with Gasteiger partial charge >= 0.3 is 5.97 Å². The molecule has 0 aromatic carbocycles. The molecule has 5 heteroatoms. The van der Waals surface area contributed by atoms with Crippen LogP contribution in [0.3, 0.4) is 0 Å². The predicted molar refractivity (Wildman–Crippen MR) is 64.2 cm³/mol. The van der Waals surface area contributed by atoms with Crippen LogP contribution in [0.15, 0.2) is 12.4 Å². The van der Waals surface area contributed by atoms with Crippen molar-refractivity contribution in [3.8, 4) is 0 Å². The topological polar surface area (TPSA) is 68.0 Å². The van der Waals surface area contributed by atoms with E-state index in [4.69, 9.17) is 5.11 Å². The molecule has 90 valence electrons. The van der Waals surface area contributed by atoms with Crippen molar-refractivity contribution in [3.63, 3.8) is 0 Å². The minimum Gasteiger partial charge on any atom is -0.478 e. The lowest BCUT2D eigenvalue weighted by molar-refractivity contribution is 0.0698. The van der Waals surface area contributed by atoms with Crippen molar-refractivity contribution in [2.24, 2.45) is 7.05 Å². The number of carboxylic acid groups (broad SMARTS) is 1. The molecule has 2 heterocycles. The van der Waals surface area contributed by atoms with Gasteiger partial charge in [0.05, 0.1) is 11.7 Å². The van der Waals surface area contributed by atoms with E-state index in [9.17, 15) is 4.79 Å². The molecule has 1 N–H and O–H groups in total. The zero-order chi connectivity index (χ0) is 12.8. The molecule has 0 radical (unpaired) electrons. The normalized spacial score (nSPS) is 12.0. The predicted octanol–water partition coefficient (Wildman–Crippen LogP) is 1.96. The summed E-state index contributed by atoms with van der Waals surface area (Å²) in [5, 5.41) is 9.10. The smallest absolute Gasteiger partial charge is 0.339 e. The number of aryl methyl sites for hydroxylation is 1. The van der Waals surface area contributed by atoms with Gasteiger partial charge in [-0.25, -0.2) is 9.78 Å². The Morgan fingerprint density at radius 1 is 1.35 bits per heavy atom. The number of hydrogen-bond donors (Lipinski definition) is 1. The number of pyridine rings is 1. The molecule has 17 heavy (non-hydrogen) atoms. The molecule has 0 spiro atoms. The largest absolute Gasteiger partial charge is 0.478 e. The highest BCUT2D eigenvalue weighted by Gasteiger charge is 2.23. The summed E-state index contributed by atoms with van der Waals surface area (Å²) in [6.45, 7) is 6.13. The van der Waals surface area contributed by atoms with E-state index in [0.717, 1.165) is 11.3 Å². The van der Waals surface area contributed by atoms with Crippen LogP contribution in [0.25, 0.3) is 11.0 Å². The van der Waals surface area contributed by atoms with Gasteiger partial charge in [-0.1, -0.05) is 20.8 Å². The quantitative estimate of drug-likeness (QED) is 0.817. The fourth-order valence-electron chi connectivity index (χ4n) is 1.93. The van der Waals surface area contributed by atoms with Gasteiger partial charge in [0.2, 0.25) is 0 Å². The van der Waals surface area contributed by atoms with Gasteiger partial charge in [0.1, 0.15) is 16.9 Å². The Balaban J connectivity index is 2.82. The zero-order valence-electron chi connectivity index (χ0n) is 10.4. The van der Waals surface area contributed by atoms with Crippen LogP contribution in [-0.2, 0) is 12.5 Å². The third-order valence-corrected chi connectivity index (χ3v) is 2.70. The van der Waals surface area contributed by atoms with E-state index in [0.29, 0.717) is 5.52 Å². The second kappa shape index (κ2) is 3.55. The molecule has 0 saturated heterocycles. The standard InChI is InChI=1S/C12H15N3O2/c1-12(2,3)11-14-9-7(10(16)17)5-13-6-8(9)15(11)4/h5-6H,1-4H3,(H,16,17). The molecule has 2 aromatic rings. The van der Waals surface area contributed by atoms with E-state index >= 15 is 0 Å². The van der Waals surface area contributed by atoms with Crippen LogP contribution in [-0.4, -0.2) is 25.6 Å². The van der Waals surface area contributed by atoms with Gasteiger partial charge in [-0.05, 0) is 0 Å². The number of aromatic carboxylic acids is 1. The average molecular weight is 233 g/mol. The Morgan fingerprint density at radius 2 is 2.00 bits per heavy atom. The summed E-state index contributed by atoms with van der Waals surface area (Å²) in [5.74, 6) is -0.148. The Labute approximate surface area is 99.1 Å². The highest BCUT2D eigenvalue weighted by molar-refractivity contribution is 6.00. The van der Waals surface area contributed by atoms with Crippen LogP contribution in [0.5, 0.6) is 0 Å². The number of hydrogen-bond acceptors (Lipinski definition) is 3. The number of imidazole rings is 1. The molecule has 0 aliphatic rings. The molecule has 5 nitrogen and oxygen atoms in total. The summed E-state index contributed by atoms with van der Waals surface area (Å²) in [4.78, 5) is 19.5. The SMILES string of the molecule is Cn1c(C(C)(C)C)nc2c(C(=O)O)cncc21. The minimum absolute atomic E-state index is 0.135. The second-order valence-corrected chi connectivity index (χ2v) is 5.10. The van der Waals surface area contributed by atoms with E-state index in [2.05, 4.69) is 9.97 Å². The first-order chi connectivity index (χ1) is 7.82. The van der Waals surface area contributed by atoms with E-state index in [-0.39, 0.29) is 11.0 Å². The van der Waals surface area contributed by atoms with E-state index in [1.165, 1.54) is 6.20 Å². The summed E-state index contributed by atoms with van der Waals surface area (Å²) >= 11 is 0. The number of fused-ring (bicyclic) bond motifs is 1. The van der Waals surface area contributed by atoms with Gasteiger partial charge in [-0.2, -0.15) is 0 Å². The maximum atomic E-state index is 11.1. The van der Waals surface area contributed by atoms with Gasteiger partial charge in [0.15, 0.2) is 0 Å². The molecule has 0 saturated carbocycles. The minimum atomic E-state index is -0.998. The van der Waals surface area contributed by atoms with Crippen molar-refractivity contribution >= 4 is 17.0 Å². The fraction of sp³-hybridized carbons (Fsp3) is 0.417. The van der Waals surface area contributed by atoms with E-state index in [1.54, 1.807) is 6.20 Å². The molecule has 0 aliphatic heterocycles. The van der Waals surface area contributed by atoms with Crippen molar-refractivity contribution in [1.82, 2.24) is 14.5 Å². The van der Waals surface area contributed by atoms with Crippen molar-refractivity contribution in [2.45, 2.75) is 26.2 Å². The van der Waals surface area contributed by atoms with Crippen LogP contribution in [0.2, 0.25) is 0 Å². The lowest BCUT2D eigenvalue weighted by Crippen LogP contribution is -2.17. The van der Waals surface area contributed by atoms with E-state index < -0.39 is 5.97 Å². The van der Waals surface area contributed by atoms with Crippen molar-refractivity contribution in [2.75, 3.05) is 0 Å². The van der Waals surface area contributed by atoms with Crippen molar-refractivity contribution < 1.29 is 9.90 Å². The fourth-order valence-corrected chi connectivity index (χ4v) is 1.93. The number of carbonyl (C=O) groups is 1. The number of rotatable bonds is 1. The zero-order valence-corrected chi connectivity index (χ0v) is 10.4. The Bertz CT molecular complexity index is 594. The first-order valence-electron chi connectivity index (χ1n) is 5.36. The van der Waals surface area contributed by atoms with E-state index in [1.807, 2.05) is 32.4 Å². The summed E-state index contributed by atoms with van der Waals surface area (Å²) in [5.41, 5.74) is 1.26. The summed E-state index contributed by atoms with van der Waals surface area (Å²) in [7, 11) is 1.88. The highest BCUT2D eigenvalue weighted by Crippen LogP contribution is 2.26. The van der Waals surface area contributed by atoms with Crippen LogP contribution in [0.4, 0.5) is 0 Å². The van der Waals surface area contributed by atoms with Gasteiger partial charge in [0.25, 0.3) is 0 Å². The molecule has 0 aliphatic carbocycles. The first-order valence-corrected chi connectivity index (χ1v) is 5.36. The van der Waals surface area contributed by atoms with Crippen molar-refractivity contribution in [3.05, 3.63) is 23.8 Å². The third-order valence-electron chi connectivity index (χ3n) is 2.70. The first kappa shape index (κ1) is 11.6. The van der Waals surface area contributed by atoms with Crippen LogP contribution in [0.1, 0.15) is 37.0 Å². The summed E-state index contributed by atoms with van der Waals surface area (Å²) < 4.78 is 1.90. The lowest BCUT2D eigenvalue weighted by atomic mass is 9.96. The molecule has 0 bridgehead atoms. The Morgan fingerprint density at radius 3 is 2.53 bits per heavy atom. The van der Waals surface area contributed by atoms with Crippen LogP contribution in [0, 0.1) is 0 Å². The molecule has 0 fully saturated rings. The van der Waals surface area contributed by atoms with Gasteiger partial charge in [-0.3, -0.25) is 4.98 Å². The molecule has 0 amide bonds. The van der Waals surface area contributed by atoms with Crippen LogP contribution >= 0.6 is 0 Å². The molecular formula is C12H15N3O2. The number of carboxylic acids is 1. The number of aromatic nitrogens is 3. The Kier molecular flexibility index (Phi) is 2.41.